The normalized spacial score (nSPS) is 12.6. The molecule has 6 rings (SSSR count). The van der Waals surface area contributed by atoms with Crippen molar-refractivity contribution in [1.82, 2.24) is 4.40 Å². The summed E-state index contributed by atoms with van der Waals surface area (Å²) in [5.41, 5.74) is 9.77. The zero-order valence-electron chi connectivity index (χ0n) is 20.2. The fraction of sp³-hybridized carbons (Fsp3) is 0.267. The molecule has 0 saturated heterocycles. The highest BCUT2D eigenvalue weighted by Gasteiger charge is 2.25. The number of rotatable bonds is 1. The Morgan fingerprint density at radius 1 is 0.939 bits per heavy atom. The summed E-state index contributed by atoms with van der Waals surface area (Å²) in [5, 5.41) is 6.26. The minimum absolute atomic E-state index is 0.234. The third kappa shape index (κ3) is 2.70. The largest absolute Gasteiger partial charge is 0.309 e. The second-order valence-electron chi connectivity index (χ2n) is 10.8. The van der Waals surface area contributed by atoms with Crippen LogP contribution in [0.25, 0.3) is 53.8 Å². The number of pyridine rings is 2. The molecular weight excluding hydrogens is 402 g/mol. The monoisotopic (exact) mass is 430 g/mol. The van der Waals surface area contributed by atoms with Gasteiger partial charge in [0, 0.05) is 16.8 Å². The van der Waals surface area contributed by atoms with Crippen LogP contribution in [-0.2, 0) is 13.5 Å². The summed E-state index contributed by atoms with van der Waals surface area (Å²) in [6, 6.07) is 15.6. The third-order valence-electron chi connectivity index (χ3n) is 7.18. The molecule has 33 heavy (non-hydrogen) atoms. The van der Waals surface area contributed by atoms with E-state index >= 15 is 0 Å². The van der Waals surface area contributed by atoms with Gasteiger partial charge < -0.3 is 4.40 Å². The predicted molar refractivity (Wildman–Crippen MR) is 139 cm³/mol. The number of hydrogen-bond donors (Lipinski definition) is 0. The first-order chi connectivity index (χ1) is 15.7. The lowest BCUT2D eigenvalue weighted by atomic mass is 9.87. The molecule has 0 bridgehead atoms. The summed E-state index contributed by atoms with van der Waals surface area (Å²) in [6.07, 6.45) is 3.17. The minimum Gasteiger partial charge on any atom is -0.309 e. The number of nitrogens with zero attached hydrogens (tertiary/aromatic N) is 3. The van der Waals surface area contributed by atoms with Crippen molar-refractivity contribution in [2.45, 2.75) is 41.0 Å². The summed E-state index contributed by atoms with van der Waals surface area (Å²) in [6.45, 7) is 19.1. The molecule has 0 aliphatic rings. The average Bonchev–Trinajstić information content (AvgIpc) is 3.07. The first kappa shape index (κ1) is 20.0. The van der Waals surface area contributed by atoms with Crippen LogP contribution in [0.3, 0.4) is 0 Å². The molecule has 0 amide bonds. The van der Waals surface area contributed by atoms with Gasteiger partial charge in [-0.25, -0.2) is 9.41 Å². The molecule has 3 aromatic heterocycles. The van der Waals surface area contributed by atoms with Crippen molar-refractivity contribution in [3.63, 3.8) is 0 Å². The van der Waals surface area contributed by atoms with Gasteiger partial charge in [0.2, 0.25) is 5.52 Å². The zero-order valence-corrected chi connectivity index (χ0v) is 20.2. The molecule has 6 aromatic rings. The highest BCUT2D eigenvalue weighted by Crippen LogP contribution is 2.43. The van der Waals surface area contributed by atoms with E-state index in [1.54, 1.807) is 0 Å². The quantitative estimate of drug-likeness (QED) is 0.110. The zero-order chi connectivity index (χ0) is 23.2. The highest BCUT2D eigenvalue weighted by atomic mass is 15.0. The maximum atomic E-state index is 7.71. The van der Waals surface area contributed by atoms with Crippen LogP contribution in [-0.4, -0.2) is 4.40 Å². The summed E-state index contributed by atoms with van der Waals surface area (Å²) < 4.78 is 4.66. The van der Waals surface area contributed by atoms with Crippen LogP contribution in [0.1, 0.15) is 37.5 Å². The number of hydrogen-bond acceptors (Lipinski definition) is 0. The van der Waals surface area contributed by atoms with Crippen molar-refractivity contribution in [1.29, 1.82) is 0 Å². The smallest absolute Gasteiger partial charge is 0.224 e. The highest BCUT2D eigenvalue weighted by molar-refractivity contribution is 6.26. The van der Waals surface area contributed by atoms with E-state index in [-0.39, 0.29) is 5.41 Å². The number of aryl methyl sites for hydroxylation is 3. The number of aromatic nitrogens is 2. The second kappa shape index (κ2) is 6.45. The molecule has 0 atom stereocenters. The fourth-order valence-corrected chi connectivity index (χ4v) is 5.72. The molecule has 162 valence electrons. The molecule has 0 spiro atoms. The number of fused-ring (bicyclic) bond motifs is 5. The van der Waals surface area contributed by atoms with E-state index in [9.17, 15) is 0 Å². The van der Waals surface area contributed by atoms with E-state index in [1.165, 1.54) is 54.8 Å². The number of benzene rings is 3. The maximum absolute atomic E-state index is 7.71. The molecular formula is C30H28N3+. The molecule has 0 aliphatic carbocycles. The maximum Gasteiger partial charge on any atom is 0.224 e. The van der Waals surface area contributed by atoms with Gasteiger partial charge in [-0.1, -0.05) is 26.8 Å². The van der Waals surface area contributed by atoms with Crippen molar-refractivity contribution < 1.29 is 4.57 Å². The summed E-state index contributed by atoms with van der Waals surface area (Å²) in [4.78, 5) is 3.81. The first-order valence-corrected chi connectivity index (χ1v) is 11.6. The lowest BCUT2D eigenvalue weighted by molar-refractivity contribution is -0.643. The molecule has 3 heteroatoms. The molecule has 0 unspecified atom stereocenters. The van der Waals surface area contributed by atoms with Gasteiger partial charge in [-0.2, -0.15) is 0 Å². The standard InChI is InChI=1S/C30H28N3/c1-17-12-23-22-13-19(16-30(3,4)5)8-9-24(22)33-25-15-21(31-6)14-20-10-11-32(7)29(27(20)25)26(18(17)2)28(23)33/h8-15H,16H2,1-5,7H3/q+1. The van der Waals surface area contributed by atoms with Gasteiger partial charge in [-0.15, -0.1) is 0 Å². The van der Waals surface area contributed by atoms with Gasteiger partial charge in [-0.05, 0) is 78.1 Å². The Morgan fingerprint density at radius 2 is 1.73 bits per heavy atom. The topological polar surface area (TPSA) is 12.7 Å². The summed E-state index contributed by atoms with van der Waals surface area (Å²) >= 11 is 0. The first-order valence-electron chi connectivity index (χ1n) is 11.6. The van der Waals surface area contributed by atoms with E-state index < -0.39 is 0 Å². The van der Waals surface area contributed by atoms with Gasteiger partial charge >= 0.3 is 0 Å². The van der Waals surface area contributed by atoms with Gasteiger partial charge in [0.15, 0.2) is 11.9 Å². The predicted octanol–water partition coefficient (Wildman–Crippen LogP) is 7.57. The Balaban J connectivity index is 1.95. The average molecular weight is 431 g/mol. The van der Waals surface area contributed by atoms with Gasteiger partial charge in [0.05, 0.1) is 33.9 Å². The Bertz CT molecular complexity index is 1800. The Kier molecular flexibility index (Phi) is 3.91. The van der Waals surface area contributed by atoms with E-state index in [1.807, 2.05) is 6.07 Å². The van der Waals surface area contributed by atoms with E-state index in [2.05, 4.69) is 98.1 Å². The van der Waals surface area contributed by atoms with E-state index in [0.29, 0.717) is 5.69 Å². The third-order valence-corrected chi connectivity index (χ3v) is 7.18. The van der Waals surface area contributed by atoms with Gasteiger partial charge in [-0.3, -0.25) is 0 Å². The molecule has 3 nitrogen and oxygen atoms in total. The lowest BCUT2D eigenvalue weighted by Gasteiger charge is -2.18. The Labute approximate surface area is 194 Å². The molecule has 3 heterocycles. The van der Waals surface area contributed by atoms with Gasteiger partial charge in [0.1, 0.15) is 7.05 Å². The second-order valence-corrected chi connectivity index (χ2v) is 10.8. The van der Waals surface area contributed by atoms with Crippen LogP contribution >= 0.6 is 0 Å². The molecule has 3 aromatic carbocycles. The SMILES string of the molecule is [C-]#[N+]c1cc2cc[n+](C)c3c4c(C)c(C)cc5c6cc(CC(C)(C)C)ccc6n(c(c1)c23)c54. The van der Waals surface area contributed by atoms with Crippen LogP contribution < -0.4 is 4.57 Å². The minimum atomic E-state index is 0.234. The van der Waals surface area contributed by atoms with Crippen molar-refractivity contribution >= 4 is 54.7 Å². The van der Waals surface area contributed by atoms with Crippen molar-refractivity contribution in [3.05, 3.63) is 76.8 Å². The summed E-state index contributed by atoms with van der Waals surface area (Å²) in [5.74, 6) is 0. The van der Waals surface area contributed by atoms with Crippen molar-refractivity contribution in [2.75, 3.05) is 0 Å². The molecule has 0 fully saturated rings. The van der Waals surface area contributed by atoms with Crippen LogP contribution in [0.15, 0.2) is 48.7 Å². The lowest BCUT2D eigenvalue weighted by Crippen LogP contribution is -2.29. The van der Waals surface area contributed by atoms with Crippen molar-refractivity contribution in [3.8, 4) is 0 Å². The van der Waals surface area contributed by atoms with Crippen LogP contribution in [0, 0.1) is 25.8 Å². The fourth-order valence-electron chi connectivity index (χ4n) is 5.72. The van der Waals surface area contributed by atoms with Crippen LogP contribution in [0.2, 0.25) is 0 Å². The molecule has 0 N–H and O–H groups in total. The Morgan fingerprint density at radius 3 is 2.45 bits per heavy atom. The molecule has 0 aliphatic heterocycles. The Hall–Kier alpha value is -3.64. The van der Waals surface area contributed by atoms with E-state index in [0.717, 1.165) is 17.3 Å². The molecule has 0 radical (unpaired) electrons. The van der Waals surface area contributed by atoms with Crippen LogP contribution in [0.5, 0.6) is 0 Å². The van der Waals surface area contributed by atoms with E-state index in [4.69, 9.17) is 6.57 Å². The summed E-state index contributed by atoms with van der Waals surface area (Å²) in [7, 11) is 2.13. The van der Waals surface area contributed by atoms with Gasteiger partial charge in [0.25, 0.3) is 0 Å². The van der Waals surface area contributed by atoms with Crippen LogP contribution in [0.4, 0.5) is 5.69 Å². The molecule has 0 saturated carbocycles. The van der Waals surface area contributed by atoms with Crippen molar-refractivity contribution in [2.24, 2.45) is 12.5 Å².